The van der Waals surface area contributed by atoms with E-state index in [9.17, 15) is 4.79 Å². The van der Waals surface area contributed by atoms with Crippen molar-refractivity contribution in [1.29, 1.82) is 5.41 Å². The van der Waals surface area contributed by atoms with Crippen LogP contribution in [0, 0.1) is 11.3 Å². The minimum atomic E-state index is 0.125. The van der Waals surface area contributed by atoms with E-state index in [1.165, 1.54) is 25.7 Å². The molecule has 0 aliphatic heterocycles. The molecule has 1 aromatic heterocycles. The smallest absolute Gasteiger partial charge is 0.224 e. The van der Waals surface area contributed by atoms with Crippen molar-refractivity contribution in [2.75, 3.05) is 12.3 Å². The number of rotatable bonds is 7. The maximum atomic E-state index is 12.3. The summed E-state index contributed by atoms with van der Waals surface area (Å²) in [6.07, 6.45) is 13.4. The van der Waals surface area contributed by atoms with Crippen molar-refractivity contribution in [3.8, 4) is 5.88 Å². The maximum absolute atomic E-state index is 12.3. The number of hydrogen-bond acceptors (Lipinski definition) is 5. The molecule has 6 heteroatoms. The Kier molecular flexibility index (Phi) is 7.07. The summed E-state index contributed by atoms with van der Waals surface area (Å²) in [7, 11) is 0. The van der Waals surface area contributed by atoms with E-state index < -0.39 is 0 Å². The molecular weight excluding hydrogens is 340 g/mol. The van der Waals surface area contributed by atoms with Gasteiger partial charge in [-0.1, -0.05) is 25.7 Å². The molecule has 0 unspecified atom stereocenters. The summed E-state index contributed by atoms with van der Waals surface area (Å²) < 4.78 is 6.09. The summed E-state index contributed by atoms with van der Waals surface area (Å²) in [4.78, 5) is 16.6. The van der Waals surface area contributed by atoms with Gasteiger partial charge < -0.3 is 21.2 Å². The van der Waals surface area contributed by atoms with Gasteiger partial charge in [-0.15, -0.1) is 0 Å². The highest BCUT2D eigenvalue weighted by Crippen LogP contribution is 2.28. The maximum Gasteiger partial charge on any atom is 0.224 e. The normalized spacial score (nSPS) is 18.8. The quantitative estimate of drug-likeness (QED) is 0.633. The first-order valence-electron chi connectivity index (χ1n) is 10.4. The fourth-order valence-corrected chi connectivity index (χ4v) is 4.13. The minimum absolute atomic E-state index is 0.125. The van der Waals surface area contributed by atoms with Gasteiger partial charge in [-0.2, -0.15) is 0 Å². The lowest BCUT2D eigenvalue weighted by Crippen LogP contribution is -2.33. The zero-order valence-corrected chi connectivity index (χ0v) is 16.1. The van der Waals surface area contributed by atoms with Gasteiger partial charge >= 0.3 is 0 Å². The Bertz CT molecular complexity index is 650. The predicted octanol–water partition coefficient (Wildman–Crippen LogP) is 3.83. The van der Waals surface area contributed by atoms with E-state index in [4.69, 9.17) is 15.9 Å². The van der Waals surface area contributed by atoms with Crippen LogP contribution in [-0.2, 0) is 4.79 Å². The summed E-state index contributed by atoms with van der Waals surface area (Å²) in [5, 5.41) is 11.5. The number of nitrogens with one attached hydrogen (secondary N) is 2. The van der Waals surface area contributed by atoms with E-state index in [0.717, 1.165) is 38.5 Å². The van der Waals surface area contributed by atoms with E-state index in [1.54, 1.807) is 12.3 Å². The monoisotopic (exact) mass is 372 g/mol. The van der Waals surface area contributed by atoms with Crippen molar-refractivity contribution in [1.82, 2.24) is 10.3 Å². The summed E-state index contributed by atoms with van der Waals surface area (Å²) in [6, 6.07) is 1.71. The molecule has 0 bridgehead atoms. The fraction of sp³-hybridized carbons (Fsp3) is 0.667. The van der Waals surface area contributed by atoms with Crippen LogP contribution in [0.15, 0.2) is 12.3 Å². The van der Waals surface area contributed by atoms with Gasteiger partial charge in [0.2, 0.25) is 11.8 Å². The molecule has 4 N–H and O–H groups in total. The number of ether oxygens (including phenoxy) is 1. The van der Waals surface area contributed by atoms with E-state index >= 15 is 0 Å². The van der Waals surface area contributed by atoms with Crippen molar-refractivity contribution in [3.63, 3.8) is 0 Å². The van der Waals surface area contributed by atoms with Crippen LogP contribution in [0.2, 0.25) is 0 Å². The number of amides is 1. The second-order valence-electron chi connectivity index (χ2n) is 7.81. The molecule has 2 aliphatic rings. The molecule has 3 rings (SSSR count). The van der Waals surface area contributed by atoms with Crippen molar-refractivity contribution in [3.05, 3.63) is 17.8 Å². The van der Waals surface area contributed by atoms with Gasteiger partial charge in [0.1, 0.15) is 6.10 Å². The van der Waals surface area contributed by atoms with Gasteiger partial charge in [0.25, 0.3) is 0 Å². The van der Waals surface area contributed by atoms with E-state index in [-0.39, 0.29) is 17.9 Å². The summed E-state index contributed by atoms with van der Waals surface area (Å²) in [6.45, 7) is 0.450. The molecule has 0 spiro atoms. The first-order valence-corrected chi connectivity index (χ1v) is 10.4. The first kappa shape index (κ1) is 19.6. The SMILES string of the molecule is N=C(CCNC(=O)C1CCCCC1)c1c(N)ccnc1OC1CCCCC1. The molecule has 0 radical (unpaired) electrons. The van der Waals surface area contributed by atoms with Crippen LogP contribution in [-0.4, -0.2) is 29.3 Å². The number of anilines is 1. The Hall–Kier alpha value is -2.11. The third-order valence-electron chi connectivity index (χ3n) is 5.73. The summed E-state index contributed by atoms with van der Waals surface area (Å²) >= 11 is 0. The number of aromatic nitrogens is 1. The van der Waals surface area contributed by atoms with Crippen LogP contribution >= 0.6 is 0 Å². The van der Waals surface area contributed by atoms with Crippen LogP contribution < -0.4 is 15.8 Å². The van der Waals surface area contributed by atoms with E-state index in [2.05, 4.69) is 10.3 Å². The molecular formula is C21H32N4O2. The number of nitrogens with two attached hydrogens (primary N) is 1. The van der Waals surface area contributed by atoms with Crippen molar-refractivity contribution < 1.29 is 9.53 Å². The lowest BCUT2D eigenvalue weighted by molar-refractivity contribution is -0.125. The zero-order chi connectivity index (χ0) is 19.1. The molecule has 0 aromatic carbocycles. The molecule has 2 fully saturated rings. The number of carbonyl (C=O) groups is 1. The second-order valence-corrected chi connectivity index (χ2v) is 7.81. The number of nitrogen functional groups attached to an aromatic ring is 1. The highest BCUT2D eigenvalue weighted by Gasteiger charge is 2.22. The predicted molar refractivity (Wildman–Crippen MR) is 107 cm³/mol. The van der Waals surface area contributed by atoms with Crippen LogP contribution in [0.25, 0.3) is 0 Å². The third-order valence-corrected chi connectivity index (χ3v) is 5.73. The minimum Gasteiger partial charge on any atom is -0.474 e. The largest absolute Gasteiger partial charge is 0.474 e. The van der Waals surface area contributed by atoms with Gasteiger partial charge in [0.15, 0.2) is 0 Å². The molecule has 2 aliphatic carbocycles. The Balaban J connectivity index is 1.56. The van der Waals surface area contributed by atoms with Crippen molar-refractivity contribution in [2.24, 2.45) is 5.92 Å². The fourth-order valence-electron chi connectivity index (χ4n) is 4.13. The molecule has 0 saturated heterocycles. The molecule has 1 amide bonds. The van der Waals surface area contributed by atoms with Gasteiger partial charge in [0.05, 0.1) is 5.56 Å². The second kappa shape index (κ2) is 9.72. The molecule has 148 valence electrons. The summed E-state index contributed by atoms with van der Waals surface area (Å²) in [5.41, 5.74) is 7.59. The van der Waals surface area contributed by atoms with Gasteiger partial charge in [-0.05, 0) is 44.6 Å². The number of hydrogen-bond donors (Lipinski definition) is 3. The molecule has 1 heterocycles. The first-order chi connectivity index (χ1) is 13.1. The van der Waals surface area contributed by atoms with Crippen molar-refractivity contribution >= 4 is 17.3 Å². The standard InChI is InChI=1S/C21H32N4O2/c22-17(11-13-24-20(26)15-7-3-1-4-8-15)19-18(23)12-14-25-21(19)27-16-9-5-2-6-10-16/h12,14-16,22H,1-11,13H2,(H2,23,25)(H,24,26). The topological polar surface area (TPSA) is 101 Å². The average molecular weight is 373 g/mol. The lowest BCUT2D eigenvalue weighted by atomic mass is 9.88. The Morgan fingerprint density at radius 1 is 1.15 bits per heavy atom. The number of pyridine rings is 1. The van der Waals surface area contributed by atoms with E-state index in [0.29, 0.717) is 35.8 Å². The zero-order valence-electron chi connectivity index (χ0n) is 16.1. The van der Waals surface area contributed by atoms with E-state index in [1.807, 2.05) is 0 Å². The Morgan fingerprint density at radius 2 is 1.81 bits per heavy atom. The number of nitrogens with zero attached hydrogens (tertiary/aromatic N) is 1. The van der Waals surface area contributed by atoms with Gasteiger partial charge in [-0.3, -0.25) is 4.79 Å². The Labute approximate surface area is 161 Å². The highest BCUT2D eigenvalue weighted by molar-refractivity contribution is 6.04. The van der Waals surface area contributed by atoms with Crippen LogP contribution in [0.4, 0.5) is 5.69 Å². The molecule has 1 aromatic rings. The molecule has 2 saturated carbocycles. The molecule has 0 atom stereocenters. The Morgan fingerprint density at radius 3 is 2.52 bits per heavy atom. The van der Waals surface area contributed by atoms with Crippen LogP contribution in [0.3, 0.4) is 0 Å². The highest BCUT2D eigenvalue weighted by atomic mass is 16.5. The summed E-state index contributed by atoms with van der Waals surface area (Å²) in [5.74, 6) is 0.729. The third kappa shape index (κ3) is 5.44. The van der Waals surface area contributed by atoms with Crippen LogP contribution in [0.5, 0.6) is 5.88 Å². The molecule has 6 nitrogen and oxygen atoms in total. The lowest BCUT2D eigenvalue weighted by Gasteiger charge is -2.24. The number of carbonyl (C=O) groups excluding carboxylic acids is 1. The van der Waals surface area contributed by atoms with Gasteiger partial charge in [-0.25, -0.2) is 4.98 Å². The van der Waals surface area contributed by atoms with Gasteiger partial charge in [0, 0.05) is 36.5 Å². The average Bonchev–Trinajstić information content (AvgIpc) is 2.69. The van der Waals surface area contributed by atoms with Crippen molar-refractivity contribution in [2.45, 2.75) is 76.7 Å². The van der Waals surface area contributed by atoms with Crippen LogP contribution in [0.1, 0.15) is 76.2 Å². The molecule has 27 heavy (non-hydrogen) atoms.